The zero-order valence-electron chi connectivity index (χ0n) is 19.1. The third-order valence-corrected chi connectivity index (χ3v) is 6.54. The summed E-state index contributed by atoms with van der Waals surface area (Å²) in [7, 11) is 2.96. The van der Waals surface area contributed by atoms with Crippen molar-refractivity contribution in [3.05, 3.63) is 40.2 Å². The SMILES string of the molecule is COc1cc(OC)c(N2CC(C(=O)OCC(=O)c3cc(C)n(C4CC4)c3C)CC2=O)cc1Cl. The number of hydrogen-bond acceptors (Lipinski definition) is 6. The molecule has 176 valence electrons. The number of Topliss-reactive ketones (excluding diaryl/α,β-unsaturated/α-hetero) is 1. The number of nitrogens with zero attached hydrogens (tertiary/aromatic N) is 2. The summed E-state index contributed by atoms with van der Waals surface area (Å²) >= 11 is 6.23. The first kappa shape index (κ1) is 23.2. The summed E-state index contributed by atoms with van der Waals surface area (Å²) in [6, 6.07) is 5.48. The number of aromatic nitrogens is 1. The van der Waals surface area contributed by atoms with E-state index in [0.29, 0.717) is 33.8 Å². The molecule has 1 aromatic heterocycles. The zero-order chi connectivity index (χ0) is 23.9. The van der Waals surface area contributed by atoms with Crippen LogP contribution in [0.1, 0.15) is 47.1 Å². The maximum absolute atomic E-state index is 12.7. The highest BCUT2D eigenvalue weighted by atomic mass is 35.5. The second-order valence-electron chi connectivity index (χ2n) is 8.48. The van der Waals surface area contributed by atoms with Crippen molar-refractivity contribution in [2.24, 2.45) is 5.92 Å². The molecule has 1 unspecified atom stereocenters. The molecule has 2 aromatic rings. The third kappa shape index (κ3) is 4.44. The summed E-state index contributed by atoms with van der Waals surface area (Å²) in [5.74, 6) is -0.938. The van der Waals surface area contributed by atoms with E-state index < -0.39 is 11.9 Å². The highest BCUT2D eigenvalue weighted by Gasteiger charge is 2.38. The Morgan fingerprint density at radius 3 is 2.42 bits per heavy atom. The maximum Gasteiger partial charge on any atom is 0.311 e. The monoisotopic (exact) mass is 474 g/mol. The number of amides is 1. The van der Waals surface area contributed by atoms with E-state index in [2.05, 4.69) is 4.57 Å². The molecule has 0 spiro atoms. The van der Waals surface area contributed by atoms with Crippen molar-refractivity contribution in [3.8, 4) is 11.5 Å². The van der Waals surface area contributed by atoms with E-state index in [1.54, 1.807) is 12.1 Å². The minimum Gasteiger partial charge on any atom is -0.495 e. The molecule has 0 radical (unpaired) electrons. The fourth-order valence-corrected chi connectivity index (χ4v) is 4.67. The number of carbonyl (C=O) groups excluding carboxylic acids is 3. The number of hydrogen-bond donors (Lipinski definition) is 0. The molecule has 2 heterocycles. The Bertz CT molecular complexity index is 1120. The van der Waals surface area contributed by atoms with E-state index in [0.717, 1.165) is 24.2 Å². The molecule has 1 aromatic carbocycles. The Balaban J connectivity index is 1.41. The molecule has 2 fully saturated rings. The Hall–Kier alpha value is -3.00. The van der Waals surface area contributed by atoms with Crippen molar-refractivity contribution in [2.45, 2.75) is 39.2 Å². The van der Waals surface area contributed by atoms with Crippen molar-refractivity contribution in [1.29, 1.82) is 0 Å². The highest BCUT2D eigenvalue weighted by molar-refractivity contribution is 6.32. The second-order valence-corrected chi connectivity index (χ2v) is 8.89. The van der Waals surface area contributed by atoms with Gasteiger partial charge in [0.15, 0.2) is 6.61 Å². The largest absolute Gasteiger partial charge is 0.495 e. The lowest BCUT2D eigenvalue weighted by atomic mass is 10.1. The van der Waals surface area contributed by atoms with Crippen LogP contribution in [0.4, 0.5) is 5.69 Å². The molecule has 8 nitrogen and oxygen atoms in total. The lowest BCUT2D eigenvalue weighted by Gasteiger charge is -2.20. The van der Waals surface area contributed by atoms with Crippen LogP contribution in [0.2, 0.25) is 5.02 Å². The van der Waals surface area contributed by atoms with Crippen molar-refractivity contribution in [1.82, 2.24) is 4.57 Å². The summed E-state index contributed by atoms with van der Waals surface area (Å²) in [5.41, 5.74) is 2.97. The lowest BCUT2D eigenvalue weighted by molar-refractivity contribution is -0.147. The fraction of sp³-hybridized carbons (Fsp3) is 0.458. The van der Waals surface area contributed by atoms with Gasteiger partial charge in [-0.2, -0.15) is 0 Å². The minimum atomic E-state index is -0.685. The number of halogens is 1. The van der Waals surface area contributed by atoms with Crippen molar-refractivity contribution >= 4 is 34.9 Å². The topological polar surface area (TPSA) is 87.1 Å². The average Bonchev–Trinajstić information content (AvgIpc) is 3.48. The first-order valence-corrected chi connectivity index (χ1v) is 11.2. The molecule has 1 amide bonds. The summed E-state index contributed by atoms with van der Waals surface area (Å²) in [6.45, 7) is 3.66. The van der Waals surface area contributed by atoms with Crippen molar-refractivity contribution in [2.75, 3.05) is 32.3 Å². The molecule has 2 aliphatic rings. The van der Waals surface area contributed by atoms with E-state index in [1.165, 1.54) is 19.1 Å². The Morgan fingerprint density at radius 2 is 1.79 bits per heavy atom. The van der Waals surface area contributed by atoms with Gasteiger partial charge in [0.1, 0.15) is 11.5 Å². The van der Waals surface area contributed by atoms with E-state index >= 15 is 0 Å². The normalized spacial score (nSPS) is 17.9. The third-order valence-electron chi connectivity index (χ3n) is 6.24. The Kier molecular flexibility index (Phi) is 6.38. The number of methoxy groups -OCH3 is 2. The molecule has 1 aliphatic heterocycles. The lowest BCUT2D eigenvalue weighted by Crippen LogP contribution is -2.27. The van der Waals surface area contributed by atoms with Gasteiger partial charge >= 0.3 is 5.97 Å². The first-order chi connectivity index (χ1) is 15.7. The van der Waals surface area contributed by atoms with Crippen LogP contribution in [0.25, 0.3) is 0 Å². The molecular weight excluding hydrogens is 448 g/mol. The van der Waals surface area contributed by atoms with Gasteiger partial charge < -0.3 is 23.7 Å². The molecule has 0 bridgehead atoms. The van der Waals surface area contributed by atoms with E-state index in [-0.39, 0.29) is 31.3 Å². The summed E-state index contributed by atoms with van der Waals surface area (Å²) in [4.78, 5) is 39.5. The summed E-state index contributed by atoms with van der Waals surface area (Å²) in [6.07, 6.45) is 2.22. The maximum atomic E-state index is 12.7. The molecule has 1 atom stereocenters. The van der Waals surface area contributed by atoms with Crippen molar-refractivity contribution in [3.63, 3.8) is 0 Å². The average molecular weight is 475 g/mol. The predicted octanol–water partition coefficient (Wildman–Crippen LogP) is 3.89. The Labute approximate surface area is 197 Å². The second kappa shape index (κ2) is 9.09. The fourth-order valence-electron chi connectivity index (χ4n) is 4.44. The van der Waals surface area contributed by atoms with Gasteiger partial charge in [-0.3, -0.25) is 14.4 Å². The van der Waals surface area contributed by atoms with Crippen LogP contribution in [0, 0.1) is 19.8 Å². The van der Waals surface area contributed by atoms with Crippen molar-refractivity contribution < 1.29 is 28.6 Å². The van der Waals surface area contributed by atoms with Crippen LogP contribution in [-0.4, -0.2) is 49.6 Å². The molecule has 0 N–H and O–H groups in total. The van der Waals surface area contributed by atoms with Crippen LogP contribution in [0.3, 0.4) is 0 Å². The molecule has 1 saturated carbocycles. The summed E-state index contributed by atoms with van der Waals surface area (Å²) in [5, 5.41) is 0.321. The number of anilines is 1. The number of rotatable bonds is 8. The van der Waals surface area contributed by atoms with E-state index in [4.69, 9.17) is 25.8 Å². The van der Waals surface area contributed by atoms with E-state index in [9.17, 15) is 14.4 Å². The van der Waals surface area contributed by atoms with Gasteiger partial charge in [0.25, 0.3) is 0 Å². The van der Waals surface area contributed by atoms with Gasteiger partial charge in [-0.15, -0.1) is 0 Å². The first-order valence-electron chi connectivity index (χ1n) is 10.8. The predicted molar refractivity (Wildman–Crippen MR) is 122 cm³/mol. The molecule has 4 rings (SSSR count). The smallest absolute Gasteiger partial charge is 0.311 e. The van der Waals surface area contributed by atoms with E-state index in [1.807, 2.05) is 19.9 Å². The minimum absolute atomic E-state index is 0.0178. The zero-order valence-corrected chi connectivity index (χ0v) is 19.9. The number of benzene rings is 1. The number of esters is 1. The van der Waals surface area contributed by atoms with Gasteiger partial charge in [0.2, 0.25) is 11.7 Å². The van der Waals surface area contributed by atoms with Crippen LogP contribution in [-0.2, 0) is 14.3 Å². The molecule has 33 heavy (non-hydrogen) atoms. The molecule has 9 heteroatoms. The van der Waals surface area contributed by atoms with Gasteiger partial charge in [0.05, 0.1) is 30.8 Å². The van der Waals surface area contributed by atoms with Crippen LogP contribution in [0.5, 0.6) is 11.5 Å². The number of aryl methyl sites for hydroxylation is 1. The summed E-state index contributed by atoms with van der Waals surface area (Å²) < 4.78 is 18.1. The van der Waals surface area contributed by atoms with Gasteiger partial charge in [0, 0.05) is 42.0 Å². The number of carbonyl (C=O) groups is 3. The van der Waals surface area contributed by atoms with Gasteiger partial charge in [-0.25, -0.2) is 0 Å². The molecule has 1 saturated heterocycles. The standard InChI is InChI=1S/C24H27ClN2O6/c1-13-7-17(14(2)27(13)16-5-6-16)20(28)12-33-24(30)15-8-23(29)26(11-15)19-9-18(25)21(31-3)10-22(19)32-4/h7,9-10,15-16H,5-6,8,11-12H2,1-4H3. The molecular formula is C24H27ClN2O6. The Morgan fingerprint density at radius 1 is 1.09 bits per heavy atom. The number of ketones is 1. The highest BCUT2D eigenvalue weighted by Crippen LogP contribution is 2.40. The van der Waals surface area contributed by atoms with Crippen LogP contribution >= 0.6 is 11.6 Å². The van der Waals surface area contributed by atoms with Gasteiger partial charge in [-0.1, -0.05) is 11.6 Å². The quantitative estimate of drug-likeness (QED) is 0.426. The number of ether oxygens (including phenoxy) is 3. The van der Waals surface area contributed by atoms with Crippen LogP contribution in [0.15, 0.2) is 18.2 Å². The van der Waals surface area contributed by atoms with Gasteiger partial charge in [-0.05, 0) is 38.8 Å². The van der Waals surface area contributed by atoms with Crippen LogP contribution < -0.4 is 14.4 Å². The molecule has 1 aliphatic carbocycles.